The number of ether oxygens (including phenoxy) is 2. The van der Waals surface area contributed by atoms with Gasteiger partial charge in [-0.3, -0.25) is 9.59 Å². The summed E-state index contributed by atoms with van der Waals surface area (Å²) in [7, 11) is 0. The molecular formula is C44H78O6. The van der Waals surface area contributed by atoms with Crippen LogP contribution in [0.2, 0.25) is 0 Å². The highest BCUT2D eigenvalue weighted by Gasteiger charge is 2.16. The molecule has 0 aromatic carbocycles. The van der Waals surface area contributed by atoms with E-state index in [1.54, 1.807) is 0 Å². The molecule has 0 amide bonds. The Kier molecular flexibility index (Phi) is 39.4. The Labute approximate surface area is 308 Å². The third-order valence-corrected chi connectivity index (χ3v) is 8.93. The van der Waals surface area contributed by atoms with Crippen LogP contribution in [0.15, 0.2) is 48.6 Å². The summed E-state index contributed by atoms with van der Waals surface area (Å²) in [6.07, 6.45) is 49.1. The lowest BCUT2D eigenvalue weighted by Gasteiger charge is -2.15. The molecule has 0 aromatic heterocycles. The second-order valence-electron chi connectivity index (χ2n) is 13.8. The highest BCUT2D eigenvalue weighted by atomic mass is 16.6. The minimum atomic E-state index is -0.798. The number of aliphatic hydroxyl groups excluding tert-OH is 2. The predicted octanol–water partition coefficient (Wildman–Crippen LogP) is 12.0. The van der Waals surface area contributed by atoms with Crippen molar-refractivity contribution in [1.82, 2.24) is 0 Å². The van der Waals surface area contributed by atoms with Gasteiger partial charge in [0, 0.05) is 19.4 Å². The monoisotopic (exact) mass is 703 g/mol. The lowest BCUT2D eigenvalue weighted by Crippen LogP contribution is -2.28. The van der Waals surface area contributed by atoms with Crippen molar-refractivity contribution < 1.29 is 29.3 Å². The van der Waals surface area contributed by atoms with E-state index in [-0.39, 0.29) is 25.2 Å². The second kappa shape index (κ2) is 41.2. The van der Waals surface area contributed by atoms with Crippen LogP contribution in [0.4, 0.5) is 0 Å². The molecule has 6 heteroatoms. The molecule has 0 saturated carbocycles. The van der Waals surface area contributed by atoms with Crippen LogP contribution in [-0.2, 0) is 19.1 Å². The zero-order valence-electron chi connectivity index (χ0n) is 32.4. The van der Waals surface area contributed by atoms with Crippen LogP contribution in [0, 0.1) is 0 Å². The molecule has 0 unspecified atom stereocenters. The van der Waals surface area contributed by atoms with Gasteiger partial charge < -0.3 is 19.7 Å². The number of carbonyl (C=O) groups is 2. The molecular weight excluding hydrogens is 624 g/mol. The highest BCUT2D eigenvalue weighted by Crippen LogP contribution is 2.15. The summed E-state index contributed by atoms with van der Waals surface area (Å²) in [5, 5.41) is 18.3. The van der Waals surface area contributed by atoms with Crippen LogP contribution < -0.4 is 0 Å². The topological polar surface area (TPSA) is 93.1 Å². The minimum Gasteiger partial charge on any atom is -0.462 e. The number of allylic oxidation sites excluding steroid dienone is 8. The van der Waals surface area contributed by atoms with Crippen LogP contribution in [0.5, 0.6) is 0 Å². The average molecular weight is 703 g/mol. The lowest BCUT2D eigenvalue weighted by atomic mass is 10.0. The Bertz CT molecular complexity index is 845. The van der Waals surface area contributed by atoms with E-state index in [0.717, 1.165) is 70.6 Å². The molecule has 0 radical (unpaired) electrons. The molecule has 0 aliphatic carbocycles. The molecule has 0 rings (SSSR count). The van der Waals surface area contributed by atoms with Gasteiger partial charge in [0.25, 0.3) is 0 Å². The maximum Gasteiger partial charge on any atom is 0.306 e. The minimum absolute atomic E-state index is 0.100. The summed E-state index contributed by atoms with van der Waals surface area (Å²) in [4.78, 5) is 24.3. The molecule has 290 valence electrons. The fourth-order valence-corrected chi connectivity index (χ4v) is 5.76. The van der Waals surface area contributed by atoms with E-state index in [4.69, 9.17) is 14.6 Å². The van der Waals surface area contributed by atoms with Crippen molar-refractivity contribution in [1.29, 1.82) is 0 Å². The van der Waals surface area contributed by atoms with E-state index in [2.05, 4.69) is 55.5 Å². The molecule has 0 aromatic rings. The molecule has 0 spiro atoms. The Hall–Kier alpha value is -2.18. The van der Waals surface area contributed by atoms with E-state index in [1.165, 1.54) is 96.3 Å². The summed E-state index contributed by atoms with van der Waals surface area (Å²) in [6.45, 7) is 2.12. The molecule has 6 nitrogen and oxygen atoms in total. The molecule has 0 saturated heterocycles. The quantitative estimate of drug-likeness (QED) is 0.0378. The lowest BCUT2D eigenvalue weighted by molar-refractivity contribution is -0.161. The van der Waals surface area contributed by atoms with Crippen molar-refractivity contribution in [3.05, 3.63) is 48.6 Å². The fourth-order valence-electron chi connectivity index (χ4n) is 5.76. The molecule has 0 aliphatic heterocycles. The first kappa shape index (κ1) is 47.8. The third kappa shape index (κ3) is 38.6. The normalized spacial score (nSPS) is 12.6. The van der Waals surface area contributed by atoms with Gasteiger partial charge in [-0.25, -0.2) is 0 Å². The summed E-state index contributed by atoms with van der Waals surface area (Å²) < 4.78 is 10.6. The van der Waals surface area contributed by atoms with Crippen LogP contribution in [0.1, 0.15) is 193 Å². The van der Waals surface area contributed by atoms with Gasteiger partial charge in [-0.05, 0) is 57.8 Å². The first-order valence-corrected chi connectivity index (χ1v) is 20.8. The first-order chi connectivity index (χ1) is 24.6. The maximum absolute atomic E-state index is 12.2. The van der Waals surface area contributed by atoms with Crippen molar-refractivity contribution in [2.75, 3.05) is 19.8 Å². The number of unbranched alkanes of at least 4 members (excludes halogenated alkanes) is 21. The zero-order valence-corrected chi connectivity index (χ0v) is 32.4. The van der Waals surface area contributed by atoms with Crippen molar-refractivity contribution in [2.24, 2.45) is 0 Å². The van der Waals surface area contributed by atoms with Crippen molar-refractivity contribution in [3.8, 4) is 0 Å². The predicted molar refractivity (Wildman–Crippen MR) is 211 cm³/mol. The van der Waals surface area contributed by atoms with Crippen molar-refractivity contribution in [3.63, 3.8) is 0 Å². The Balaban J connectivity index is 3.62. The van der Waals surface area contributed by atoms with E-state index in [9.17, 15) is 14.7 Å². The number of aliphatic hydroxyl groups is 2. The van der Waals surface area contributed by atoms with Crippen LogP contribution in [-0.4, -0.2) is 48.1 Å². The Morgan fingerprint density at radius 2 is 0.880 bits per heavy atom. The Morgan fingerprint density at radius 3 is 1.34 bits per heavy atom. The van der Waals surface area contributed by atoms with Crippen LogP contribution in [0.3, 0.4) is 0 Å². The largest absolute Gasteiger partial charge is 0.462 e. The smallest absolute Gasteiger partial charge is 0.306 e. The maximum atomic E-state index is 12.2. The highest BCUT2D eigenvalue weighted by molar-refractivity contribution is 5.70. The third-order valence-electron chi connectivity index (χ3n) is 8.93. The Morgan fingerprint density at radius 1 is 0.480 bits per heavy atom. The van der Waals surface area contributed by atoms with Gasteiger partial charge in [0.05, 0.1) is 6.61 Å². The van der Waals surface area contributed by atoms with Crippen molar-refractivity contribution in [2.45, 2.75) is 199 Å². The van der Waals surface area contributed by atoms with Gasteiger partial charge in [-0.1, -0.05) is 171 Å². The molecule has 0 aliphatic rings. The van der Waals surface area contributed by atoms with Crippen LogP contribution >= 0.6 is 0 Å². The van der Waals surface area contributed by atoms with E-state index >= 15 is 0 Å². The van der Waals surface area contributed by atoms with Gasteiger partial charge >= 0.3 is 11.9 Å². The summed E-state index contributed by atoms with van der Waals surface area (Å²) in [5.41, 5.74) is 0. The van der Waals surface area contributed by atoms with Crippen molar-refractivity contribution >= 4 is 11.9 Å². The number of rotatable bonds is 38. The van der Waals surface area contributed by atoms with Crippen LogP contribution in [0.25, 0.3) is 0 Å². The van der Waals surface area contributed by atoms with Gasteiger partial charge in [0.2, 0.25) is 0 Å². The number of carbonyl (C=O) groups excluding carboxylic acids is 2. The molecule has 0 fully saturated rings. The zero-order chi connectivity index (χ0) is 36.4. The van der Waals surface area contributed by atoms with E-state index < -0.39 is 6.10 Å². The number of hydrogen-bond acceptors (Lipinski definition) is 6. The average Bonchev–Trinajstić information content (AvgIpc) is 3.12. The first-order valence-electron chi connectivity index (χ1n) is 20.8. The van der Waals surface area contributed by atoms with E-state index in [0.29, 0.717) is 25.9 Å². The van der Waals surface area contributed by atoms with Gasteiger partial charge in [0.1, 0.15) is 6.61 Å². The van der Waals surface area contributed by atoms with Gasteiger partial charge in [-0.15, -0.1) is 0 Å². The fraction of sp³-hybridized carbons (Fsp3) is 0.773. The summed E-state index contributed by atoms with van der Waals surface area (Å²) >= 11 is 0. The molecule has 1 atom stereocenters. The standard InChI is InChI=1S/C44H78O6/c1-2-3-4-5-6-7-8-9-10-11-13-17-20-23-26-29-32-35-38-44(48)50-42(40-46)41-49-43(47)37-34-31-28-25-22-19-16-14-12-15-18-21-24-27-30-33-36-39-45/h12,15-16,19,21,24-25,28,42,45-46H,2-11,13-14,17-18,20,22-23,26-27,29-41H2,1H3/b15-12-,19-16-,24-21-,28-25-/t42-/m0/s1. The van der Waals surface area contributed by atoms with Gasteiger partial charge in [0.15, 0.2) is 6.10 Å². The molecule has 0 heterocycles. The molecule has 2 N–H and O–H groups in total. The van der Waals surface area contributed by atoms with Gasteiger partial charge in [-0.2, -0.15) is 0 Å². The molecule has 0 bridgehead atoms. The summed E-state index contributed by atoms with van der Waals surface area (Å²) in [6, 6.07) is 0. The summed E-state index contributed by atoms with van der Waals surface area (Å²) in [5.74, 6) is -0.666. The second-order valence-corrected chi connectivity index (χ2v) is 13.8. The molecule has 50 heavy (non-hydrogen) atoms. The number of esters is 2. The van der Waals surface area contributed by atoms with E-state index in [1.807, 2.05) is 0 Å². The number of hydrogen-bond donors (Lipinski definition) is 2. The SMILES string of the molecule is CCCCCCCCCCCCCCCCCCCCC(=O)O[C@@H](CO)COC(=O)CCC/C=C\C/C=C\C/C=C\C/C=C\CCCCCO.